The van der Waals surface area contributed by atoms with Crippen molar-refractivity contribution in [2.75, 3.05) is 5.75 Å². The average Bonchev–Trinajstić information content (AvgIpc) is 2.43. The lowest BCUT2D eigenvalue weighted by molar-refractivity contribution is 0.503. The third kappa shape index (κ3) is 7.16. The fraction of sp³-hybridized carbons (Fsp3) is 0.467. The summed E-state index contributed by atoms with van der Waals surface area (Å²) >= 11 is 5.41. The van der Waals surface area contributed by atoms with Crippen LogP contribution in [0.2, 0.25) is 0 Å². The van der Waals surface area contributed by atoms with Gasteiger partial charge >= 0.3 is 0 Å². The first-order chi connectivity index (χ1) is 9.27. The van der Waals surface area contributed by atoms with E-state index in [1.54, 1.807) is 0 Å². The highest BCUT2D eigenvalue weighted by molar-refractivity contribution is 9.10. The topological polar surface area (TPSA) is 38.0 Å². The van der Waals surface area contributed by atoms with E-state index in [0.29, 0.717) is 6.04 Å². The second-order valence-electron chi connectivity index (χ2n) is 4.53. The van der Waals surface area contributed by atoms with E-state index in [1.807, 2.05) is 23.9 Å². The molecule has 0 saturated carbocycles. The molecule has 1 aromatic rings. The number of thioether (sulfide) groups is 1. The SMILES string of the molecule is C=CCCCCCC(CSc1ccccc1Br)NN. The van der Waals surface area contributed by atoms with Crippen LogP contribution in [0.15, 0.2) is 46.3 Å². The van der Waals surface area contributed by atoms with E-state index in [4.69, 9.17) is 5.84 Å². The summed E-state index contributed by atoms with van der Waals surface area (Å²) in [6.45, 7) is 3.74. The highest BCUT2D eigenvalue weighted by Gasteiger charge is 2.08. The number of rotatable bonds is 10. The Morgan fingerprint density at radius 1 is 1.32 bits per heavy atom. The van der Waals surface area contributed by atoms with Crippen LogP contribution >= 0.6 is 27.7 Å². The number of hydrazine groups is 1. The second kappa shape index (κ2) is 10.5. The molecule has 0 aliphatic carbocycles. The monoisotopic (exact) mass is 342 g/mol. The van der Waals surface area contributed by atoms with Gasteiger partial charge in [0.05, 0.1) is 0 Å². The van der Waals surface area contributed by atoms with Gasteiger partial charge in [-0.25, -0.2) is 0 Å². The number of unbranched alkanes of at least 4 members (excludes halogenated alkanes) is 3. The fourth-order valence-corrected chi connectivity index (χ4v) is 3.48. The maximum atomic E-state index is 5.62. The number of nitrogens with two attached hydrogens (primary N) is 1. The molecule has 0 spiro atoms. The summed E-state index contributed by atoms with van der Waals surface area (Å²) in [7, 11) is 0. The summed E-state index contributed by atoms with van der Waals surface area (Å²) in [6, 6.07) is 8.68. The van der Waals surface area contributed by atoms with E-state index in [9.17, 15) is 0 Å². The van der Waals surface area contributed by atoms with E-state index in [2.05, 4.69) is 46.1 Å². The summed E-state index contributed by atoms with van der Waals surface area (Å²) in [5.74, 6) is 6.63. The summed E-state index contributed by atoms with van der Waals surface area (Å²) in [6.07, 6.45) is 7.94. The van der Waals surface area contributed by atoms with Crippen molar-refractivity contribution in [1.29, 1.82) is 0 Å². The van der Waals surface area contributed by atoms with Crippen molar-refractivity contribution in [3.8, 4) is 0 Å². The molecule has 1 aromatic carbocycles. The lowest BCUT2D eigenvalue weighted by Gasteiger charge is -2.15. The second-order valence-corrected chi connectivity index (χ2v) is 6.45. The zero-order chi connectivity index (χ0) is 13.9. The molecule has 1 rings (SSSR count). The van der Waals surface area contributed by atoms with Crippen molar-refractivity contribution < 1.29 is 0 Å². The molecule has 3 N–H and O–H groups in total. The predicted octanol–water partition coefficient (Wildman–Crippen LogP) is 4.51. The molecule has 0 heterocycles. The largest absolute Gasteiger partial charge is 0.271 e. The normalized spacial score (nSPS) is 12.3. The Hall–Kier alpha value is -0.290. The van der Waals surface area contributed by atoms with Crippen LogP contribution in [0.5, 0.6) is 0 Å². The molecule has 0 aliphatic rings. The van der Waals surface area contributed by atoms with Crippen LogP contribution in [0.4, 0.5) is 0 Å². The van der Waals surface area contributed by atoms with Crippen LogP contribution in [-0.2, 0) is 0 Å². The molecule has 0 radical (unpaired) electrons. The van der Waals surface area contributed by atoms with Gasteiger partial charge in [0.1, 0.15) is 0 Å². The Morgan fingerprint density at radius 3 is 2.79 bits per heavy atom. The van der Waals surface area contributed by atoms with Gasteiger partial charge in [-0.2, -0.15) is 0 Å². The van der Waals surface area contributed by atoms with Crippen molar-refractivity contribution in [2.45, 2.75) is 43.0 Å². The number of halogens is 1. The fourth-order valence-electron chi connectivity index (χ4n) is 1.82. The molecular formula is C15H23BrN2S. The van der Waals surface area contributed by atoms with Crippen LogP contribution in [-0.4, -0.2) is 11.8 Å². The third-order valence-electron chi connectivity index (χ3n) is 2.97. The predicted molar refractivity (Wildman–Crippen MR) is 89.3 cm³/mol. The molecule has 0 saturated heterocycles. The van der Waals surface area contributed by atoms with Gasteiger partial charge in [-0.15, -0.1) is 18.3 Å². The average molecular weight is 343 g/mol. The Labute approximate surface area is 129 Å². The van der Waals surface area contributed by atoms with E-state index in [0.717, 1.165) is 23.1 Å². The Bertz CT molecular complexity index is 371. The molecular weight excluding hydrogens is 320 g/mol. The number of hydrogen-bond acceptors (Lipinski definition) is 3. The Balaban J connectivity index is 2.25. The minimum absolute atomic E-state index is 0.376. The quantitative estimate of drug-likeness (QED) is 0.216. The van der Waals surface area contributed by atoms with Crippen molar-refractivity contribution in [3.05, 3.63) is 41.4 Å². The number of benzene rings is 1. The molecule has 1 unspecified atom stereocenters. The first kappa shape index (κ1) is 16.8. The molecule has 0 aromatic heterocycles. The molecule has 4 heteroatoms. The highest BCUT2D eigenvalue weighted by Crippen LogP contribution is 2.27. The Morgan fingerprint density at radius 2 is 2.11 bits per heavy atom. The summed E-state index contributed by atoms with van der Waals surface area (Å²) in [5, 5.41) is 0. The van der Waals surface area contributed by atoms with Crippen LogP contribution in [0.3, 0.4) is 0 Å². The third-order valence-corrected chi connectivity index (χ3v) is 5.16. The summed E-state index contributed by atoms with van der Waals surface area (Å²) < 4.78 is 1.15. The van der Waals surface area contributed by atoms with Crippen molar-refractivity contribution in [2.24, 2.45) is 5.84 Å². The smallest absolute Gasteiger partial charge is 0.0311 e. The van der Waals surface area contributed by atoms with Gasteiger partial charge in [-0.05, 0) is 47.3 Å². The van der Waals surface area contributed by atoms with Gasteiger partial charge in [0.2, 0.25) is 0 Å². The molecule has 1 atom stereocenters. The highest BCUT2D eigenvalue weighted by atomic mass is 79.9. The minimum atomic E-state index is 0.376. The molecule has 106 valence electrons. The van der Waals surface area contributed by atoms with Gasteiger partial charge in [0, 0.05) is 21.2 Å². The van der Waals surface area contributed by atoms with Gasteiger partial charge in [-0.3, -0.25) is 11.3 Å². The molecule has 19 heavy (non-hydrogen) atoms. The van der Waals surface area contributed by atoms with Gasteiger partial charge in [-0.1, -0.05) is 31.1 Å². The molecule has 2 nitrogen and oxygen atoms in total. The van der Waals surface area contributed by atoms with E-state index >= 15 is 0 Å². The van der Waals surface area contributed by atoms with Crippen molar-refractivity contribution >= 4 is 27.7 Å². The standard InChI is InChI=1S/C15H23BrN2S/c1-2-3-4-5-6-9-13(18-17)12-19-15-11-8-7-10-14(15)16/h2,7-8,10-11,13,18H,1,3-6,9,12,17H2. The first-order valence-electron chi connectivity index (χ1n) is 6.72. The summed E-state index contributed by atoms with van der Waals surface area (Å²) in [4.78, 5) is 1.27. The molecule has 0 aliphatic heterocycles. The van der Waals surface area contributed by atoms with E-state index in [-0.39, 0.29) is 0 Å². The van der Waals surface area contributed by atoms with Crippen molar-refractivity contribution in [1.82, 2.24) is 5.43 Å². The maximum absolute atomic E-state index is 5.62. The van der Waals surface area contributed by atoms with Crippen LogP contribution in [0.25, 0.3) is 0 Å². The maximum Gasteiger partial charge on any atom is 0.0311 e. The molecule has 0 amide bonds. The van der Waals surface area contributed by atoms with Crippen LogP contribution in [0, 0.1) is 0 Å². The Kier molecular flexibility index (Phi) is 9.26. The first-order valence-corrected chi connectivity index (χ1v) is 8.50. The van der Waals surface area contributed by atoms with Gasteiger partial charge in [0.15, 0.2) is 0 Å². The van der Waals surface area contributed by atoms with Gasteiger partial charge in [0.25, 0.3) is 0 Å². The van der Waals surface area contributed by atoms with E-state index in [1.165, 1.54) is 24.2 Å². The number of allylic oxidation sites excluding steroid dienone is 1. The zero-order valence-corrected chi connectivity index (χ0v) is 13.7. The van der Waals surface area contributed by atoms with Crippen molar-refractivity contribution in [3.63, 3.8) is 0 Å². The lowest BCUT2D eigenvalue weighted by Crippen LogP contribution is -2.36. The number of hydrogen-bond donors (Lipinski definition) is 2. The number of nitrogens with one attached hydrogen (secondary N) is 1. The van der Waals surface area contributed by atoms with E-state index < -0.39 is 0 Å². The molecule has 0 bridgehead atoms. The lowest BCUT2D eigenvalue weighted by atomic mass is 10.1. The van der Waals surface area contributed by atoms with Gasteiger partial charge < -0.3 is 0 Å². The van der Waals surface area contributed by atoms with Crippen LogP contribution in [0.1, 0.15) is 32.1 Å². The summed E-state index contributed by atoms with van der Waals surface area (Å²) in [5.41, 5.74) is 2.93. The zero-order valence-electron chi connectivity index (χ0n) is 11.3. The molecule has 0 fully saturated rings. The van der Waals surface area contributed by atoms with Crippen LogP contribution < -0.4 is 11.3 Å². The minimum Gasteiger partial charge on any atom is -0.271 e.